The number of hydrogen-bond donors (Lipinski definition) is 2. The molecule has 0 radical (unpaired) electrons. The molecule has 4 heteroatoms. The highest BCUT2D eigenvalue weighted by Crippen LogP contribution is 2.25. The maximum atomic E-state index is 9.24. The van der Waals surface area contributed by atoms with Crippen LogP contribution in [-0.4, -0.2) is 48.5 Å². The van der Waals surface area contributed by atoms with Gasteiger partial charge in [0.1, 0.15) is 0 Å². The number of nitriles is 1. The van der Waals surface area contributed by atoms with Gasteiger partial charge < -0.3 is 15.1 Å². The van der Waals surface area contributed by atoms with Gasteiger partial charge in [0.05, 0.1) is 19.3 Å². The Hall–Kier alpha value is -0.630. The highest BCUT2D eigenvalue weighted by Gasteiger charge is 2.27. The van der Waals surface area contributed by atoms with Crippen molar-refractivity contribution < 1.29 is 10.2 Å². The molecule has 100 valence electrons. The van der Waals surface area contributed by atoms with Gasteiger partial charge in [0.2, 0.25) is 0 Å². The molecular formula is C13H26N2O2. The van der Waals surface area contributed by atoms with Crippen LogP contribution in [0.3, 0.4) is 0 Å². The van der Waals surface area contributed by atoms with Crippen molar-refractivity contribution in [2.45, 2.75) is 33.6 Å². The zero-order valence-electron chi connectivity index (χ0n) is 11.5. The molecule has 0 saturated heterocycles. The minimum Gasteiger partial charge on any atom is -0.396 e. The van der Waals surface area contributed by atoms with E-state index >= 15 is 0 Å². The summed E-state index contributed by atoms with van der Waals surface area (Å²) in [7, 11) is 1.98. The van der Waals surface area contributed by atoms with Crippen molar-refractivity contribution in [2.75, 3.05) is 33.4 Å². The summed E-state index contributed by atoms with van der Waals surface area (Å²) < 4.78 is 0. The number of rotatable bonds is 8. The first kappa shape index (κ1) is 16.4. The first-order chi connectivity index (χ1) is 7.78. The van der Waals surface area contributed by atoms with E-state index in [4.69, 9.17) is 5.26 Å². The summed E-state index contributed by atoms with van der Waals surface area (Å²) in [5.74, 6) is 0. The molecule has 0 aliphatic rings. The third-order valence-electron chi connectivity index (χ3n) is 3.03. The largest absolute Gasteiger partial charge is 0.396 e. The molecule has 0 spiro atoms. The quantitative estimate of drug-likeness (QED) is 0.672. The molecule has 0 aromatic carbocycles. The van der Waals surface area contributed by atoms with E-state index in [0.717, 1.165) is 13.0 Å². The van der Waals surface area contributed by atoms with E-state index in [1.165, 1.54) is 0 Å². The van der Waals surface area contributed by atoms with Crippen molar-refractivity contribution in [1.29, 1.82) is 5.26 Å². The van der Waals surface area contributed by atoms with Crippen molar-refractivity contribution in [3.8, 4) is 6.07 Å². The number of nitrogens with zero attached hydrogens (tertiary/aromatic N) is 2. The van der Waals surface area contributed by atoms with Crippen LogP contribution in [0.2, 0.25) is 0 Å². The summed E-state index contributed by atoms with van der Waals surface area (Å²) in [5.41, 5.74) is -0.379. The van der Waals surface area contributed by atoms with Crippen LogP contribution in [0.15, 0.2) is 0 Å². The van der Waals surface area contributed by atoms with Crippen LogP contribution in [0.1, 0.15) is 33.6 Å². The van der Waals surface area contributed by atoms with Gasteiger partial charge in [0, 0.05) is 24.9 Å². The average molecular weight is 242 g/mol. The lowest BCUT2D eigenvalue weighted by Crippen LogP contribution is -2.42. The van der Waals surface area contributed by atoms with Crippen molar-refractivity contribution >= 4 is 0 Å². The topological polar surface area (TPSA) is 67.5 Å². The van der Waals surface area contributed by atoms with Gasteiger partial charge in [-0.05, 0) is 18.9 Å². The number of hydrogen-bond acceptors (Lipinski definition) is 4. The molecule has 2 N–H and O–H groups in total. The summed E-state index contributed by atoms with van der Waals surface area (Å²) in [6.07, 6.45) is 1.43. The normalized spacial score (nSPS) is 12.8. The Kier molecular flexibility index (Phi) is 6.69. The van der Waals surface area contributed by atoms with Crippen LogP contribution in [0.25, 0.3) is 0 Å². The van der Waals surface area contributed by atoms with E-state index in [9.17, 15) is 10.2 Å². The number of aliphatic hydroxyl groups excluding tert-OH is 2. The lowest BCUT2D eigenvalue weighted by atomic mass is 9.86. The van der Waals surface area contributed by atoms with Gasteiger partial charge >= 0.3 is 0 Å². The lowest BCUT2D eigenvalue weighted by Gasteiger charge is -2.35. The molecule has 0 aliphatic carbocycles. The van der Waals surface area contributed by atoms with Gasteiger partial charge in [0.15, 0.2) is 0 Å². The maximum Gasteiger partial charge on any atom is 0.0621 e. The Bertz CT molecular complexity index is 255. The van der Waals surface area contributed by atoms with Crippen LogP contribution < -0.4 is 0 Å². The molecule has 17 heavy (non-hydrogen) atoms. The predicted octanol–water partition coefficient (Wildman–Crippen LogP) is 1.24. The van der Waals surface area contributed by atoms with E-state index in [0.29, 0.717) is 13.0 Å². The fraction of sp³-hybridized carbons (Fsp3) is 0.923. The molecule has 0 rings (SSSR count). The van der Waals surface area contributed by atoms with E-state index < -0.39 is 5.41 Å². The minimum absolute atomic E-state index is 0.0214. The fourth-order valence-corrected chi connectivity index (χ4v) is 2.06. The standard InChI is InChI=1S/C13H26N2O2/c1-12(2,6-5-7-14)8-15(4)9-13(3,10-16)11-17/h16-17H,5-6,8-11H2,1-4H3. The summed E-state index contributed by atoms with van der Waals surface area (Å²) in [4.78, 5) is 2.11. The lowest BCUT2D eigenvalue weighted by molar-refractivity contribution is 0.0323. The summed E-state index contributed by atoms with van der Waals surface area (Å²) in [6.45, 7) is 7.59. The number of aliphatic hydroxyl groups is 2. The fourth-order valence-electron chi connectivity index (χ4n) is 2.06. The smallest absolute Gasteiger partial charge is 0.0621 e. The van der Waals surface area contributed by atoms with Gasteiger partial charge in [-0.2, -0.15) is 5.26 Å². The van der Waals surface area contributed by atoms with E-state index in [1.54, 1.807) is 0 Å². The Morgan fingerprint density at radius 3 is 2.06 bits per heavy atom. The van der Waals surface area contributed by atoms with Gasteiger partial charge in [-0.3, -0.25) is 0 Å². The van der Waals surface area contributed by atoms with Crippen molar-refractivity contribution in [2.24, 2.45) is 10.8 Å². The first-order valence-electron chi connectivity index (χ1n) is 6.06. The molecule has 0 fully saturated rings. The highest BCUT2D eigenvalue weighted by molar-refractivity contribution is 4.82. The van der Waals surface area contributed by atoms with Crippen LogP contribution in [0.4, 0.5) is 0 Å². The van der Waals surface area contributed by atoms with Crippen LogP contribution in [0.5, 0.6) is 0 Å². The van der Waals surface area contributed by atoms with Crippen LogP contribution in [-0.2, 0) is 0 Å². The molecule has 4 nitrogen and oxygen atoms in total. The Labute approximate surface area is 105 Å². The van der Waals surface area contributed by atoms with Crippen molar-refractivity contribution in [3.63, 3.8) is 0 Å². The van der Waals surface area contributed by atoms with E-state index in [-0.39, 0.29) is 18.6 Å². The predicted molar refractivity (Wildman–Crippen MR) is 68.4 cm³/mol. The van der Waals surface area contributed by atoms with Gasteiger partial charge in [-0.25, -0.2) is 0 Å². The zero-order valence-corrected chi connectivity index (χ0v) is 11.5. The second-order valence-corrected chi connectivity index (χ2v) is 6.12. The Morgan fingerprint density at radius 2 is 1.65 bits per heavy atom. The molecule has 0 unspecified atom stereocenters. The van der Waals surface area contributed by atoms with Crippen LogP contribution >= 0.6 is 0 Å². The first-order valence-corrected chi connectivity index (χ1v) is 6.06. The second kappa shape index (κ2) is 6.95. The van der Waals surface area contributed by atoms with Crippen molar-refractivity contribution in [3.05, 3.63) is 0 Å². The van der Waals surface area contributed by atoms with Crippen LogP contribution in [0, 0.1) is 22.2 Å². The third kappa shape index (κ3) is 6.62. The zero-order chi connectivity index (χ0) is 13.5. The van der Waals surface area contributed by atoms with Gasteiger partial charge in [-0.1, -0.05) is 20.8 Å². The maximum absolute atomic E-state index is 9.24. The highest BCUT2D eigenvalue weighted by atomic mass is 16.3. The van der Waals surface area contributed by atoms with Crippen molar-refractivity contribution in [1.82, 2.24) is 4.90 Å². The molecule has 0 aromatic heterocycles. The summed E-state index contributed by atoms with van der Waals surface area (Å²) in [6, 6.07) is 2.17. The molecular weight excluding hydrogens is 216 g/mol. The second-order valence-electron chi connectivity index (χ2n) is 6.12. The Morgan fingerprint density at radius 1 is 1.12 bits per heavy atom. The summed E-state index contributed by atoms with van der Waals surface area (Å²) >= 11 is 0. The van der Waals surface area contributed by atoms with Gasteiger partial charge in [0.25, 0.3) is 0 Å². The third-order valence-corrected chi connectivity index (χ3v) is 3.03. The molecule has 0 bridgehead atoms. The van der Waals surface area contributed by atoms with E-state index in [1.807, 2.05) is 14.0 Å². The van der Waals surface area contributed by atoms with E-state index in [2.05, 4.69) is 24.8 Å². The molecule has 0 atom stereocenters. The molecule has 0 saturated carbocycles. The molecule has 0 amide bonds. The SMILES string of the molecule is CN(CC(C)(C)CCC#N)CC(C)(CO)CO. The minimum atomic E-state index is -0.458. The molecule has 0 aliphatic heterocycles. The molecule has 0 heterocycles. The van der Waals surface area contributed by atoms with Gasteiger partial charge in [-0.15, -0.1) is 0 Å². The average Bonchev–Trinajstić information content (AvgIpc) is 2.25. The molecule has 0 aromatic rings. The monoisotopic (exact) mass is 242 g/mol. The summed E-state index contributed by atoms with van der Waals surface area (Å²) in [5, 5.41) is 27.1. The Balaban J connectivity index is 4.25.